The lowest BCUT2D eigenvalue weighted by atomic mass is 10.3. The average Bonchev–Trinajstić information content (AvgIpc) is 2.37. The Morgan fingerprint density at radius 1 is 1.12 bits per heavy atom. The van der Waals surface area contributed by atoms with Crippen LogP contribution in [0, 0.1) is 0 Å². The maximum atomic E-state index is 5.94. The molecule has 0 aliphatic rings. The summed E-state index contributed by atoms with van der Waals surface area (Å²) in [5.74, 6) is 1.37. The summed E-state index contributed by atoms with van der Waals surface area (Å²) >= 11 is 5.94. The Bertz CT molecular complexity index is 488. The number of hydrogen-bond donors (Lipinski definition) is 0. The van der Waals surface area contributed by atoms with E-state index in [1.165, 1.54) is 0 Å². The Kier molecular flexibility index (Phi) is 3.83. The van der Waals surface area contributed by atoms with Crippen LogP contribution in [0.1, 0.15) is 5.56 Å². The van der Waals surface area contributed by atoms with Gasteiger partial charge in [-0.1, -0.05) is 11.6 Å². The van der Waals surface area contributed by atoms with E-state index < -0.39 is 0 Å². The maximum Gasteiger partial charge on any atom is 0.124 e. The van der Waals surface area contributed by atoms with Gasteiger partial charge in [0.2, 0.25) is 0 Å². The molecular weight excluding hydrogens is 238 g/mol. The van der Waals surface area contributed by atoms with E-state index in [9.17, 15) is 0 Å². The van der Waals surface area contributed by atoms with Gasteiger partial charge >= 0.3 is 0 Å². The molecule has 1 aromatic heterocycles. The first-order valence-electron chi connectivity index (χ1n) is 5.14. The van der Waals surface area contributed by atoms with Crippen molar-refractivity contribution in [3.8, 4) is 11.5 Å². The molecule has 0 atom stereocenters. The zero-order valence-corrected chi connectivity index (χ0v) is 10.1. The Morgan fingerprint density at radius 2 is 1.82 bits per heavy atom. The van der Waals surface area contributed by atoms with Crippen molar-refractivity contribution in [2.24, 2.45) is 0 Å². The normalized spacial score (nSPS) is 10.0. The van der Waals surface area contributed by atoms with Crippen LogP contribution >= 0.6 is 11.6 Å². The minimum absolute atomic E-state index is 0.478. The molecule has 0 aliphatic carbocycles. The highest BCUT2D eigenvalue weighted by molar-refractivity contribution is 6.30. The van der Waals surface area contributed by atoms with E-state index in [2.05, 4.69) is 4.98 Å². The van der Waals surface area contributed by atoms with Gasteiger partial charge in [-0.25, -0.2) is 0 Å². The van der Waals surface area contributed by atoms with Gasteiger partial charge in [-0.2, -0.15) is 0 Å². The fraction of sp³-hybridized carbons (Fsp3) is 0.154. The highest BCUT2D eigenvalue weighted by atomic mass is 35.5. The third-order valence-electron chi connectivity index (χ3n) is 2.24. The summed E-state index contributed by atoms with van der Waals surface area (Å²) in [5, 5.41) is 0.592. The predicted octanol–water partition coefficient (Wildman–Crippen LogP) is 3.32. The molecule has 0 spiro atoms. The van der Waals surface area contributed by atoms with Crippen LogP contribution in [0.2, 0.25) is 5.02 Å². The summed E-state index contributed by atoms with van der Waals surface area (Å²) in [6.45, 7) is 0.478. The molecule has 17 heavy (non-hydrogen) atoms. The maximum absolute atomic E-state index is 5.94. The van der Waals surface area contributed by atoms with Crippen LogP contribution in [0.15, 0.2) is 42.7 Å². The van der Waals surface area contributed by atoms with Gasteiger partial charge in [0.05, 0.1) is 7.11 Å². The Hall–Kier alpha value is -1.74. The SMILES string of the molecule is COc1cc(Cl)cc(OCc2ccncc2)c1. The summed E-state index contributed by atoms with van der Waals surface area (Å²) < 4.78 is 10.7. The number of halogens is 1. The molecule has 0 N–H and O–H groups in total. The smallest absolute Gasteiger partial charge is 0.124 e. The van der Waals surface area contributed by atoms with E-state index in [0.29, 0.717) is 23.1 Å². The molecule has 4 heteroatoms. The van der Waals surface area contributed by atoms with Crippen molar-refractivity contribution in [1.29, 1.82) is 0 Å². The lowest BCUT2D eigenvalue weighted by Gasteiger charge is -2.08. The third kappa shape index (κ3) is 3.36. The first kappa shape index (κ1) is 11.7. The molecule has 0 fully saturated rings. The van der Waals surface area contributed by atoms with Crippen LogP contribution in [-0.4, -0.2) is 12.1 Å². The number of pyridine rings is 1. The van der Waals surface area contributed by atoms with Crippen LogP contribution in [0.4, 0.5) is 0 Å². The van der Waals surface area contributed by atoms with Crippen LogP contribution in [0.3, 0.4) is 0 Å². The summed E-state index contributed by atoms with van der Waals surface area (Å²) in [4.78, 5) is 3.95. The van der Waals surface area contributed by atoms with Crippen molar-refractivity contribution in [3.05, 3.63) is 53.3 Å². The monoisotopic (exact) mass is 249 g/mol. The van der Waals surface area contributed by atoms with Gasteiger partial charge in [0.1, 0.15) is 18.1 Å². The number of nitrogens with zero attached hydrogens (tertiary/aromatic N) is 1. The third-order valence-corrected chi connectivity index (χ3v) is 2.45. The Labute approximate surface area is 105 Å². The first-order valence-corrected chi connectivity index (χ1v) is 5.52. The molecule has 0 radical (unpaired) electrons. The van der Waals surface area contributed by atoms with Gasteiger partial charge in [-0.15, -0.1) is 0 Å². The van der Waals surface area contributed by atoms with Gasteiger partial charge < -0.3 is 9.47 Å². The van der Waals surface area contributed by atoms with E-state index in [-0.39, 0.29) is 0 Å². The van der Waals surface area contributed by atoms with Crippen molar-refractivity contribution in [2.45, 2.75) is 6.61 Å². The van der Waals surface area contributed by atoms with Gasteiger partial charge in [-0.3, -0.25) is 4.98 Å². The fourth-order valence-electron chi connectivity index (χ4n) is 1.38. The van der Waals surface area contributed by atoms with Gasteiger partial charge in [0, 0.05) is 23.5 Å². The molecule has 0 unspecified atom stereocenters. The molecule has 0 amide bonds. The van der Waals surface area contributed by atoms with Crippen LogP contribution in [-0.2, 0) is 6.61 Å². The summed E-state index contributed by atoms with van der Waals surface area (Å²) in [5.41, 5.74) is 1.05. The fourth-order valence-corrected chi connectivity index (χ4v) is 1.60. The van der Waals surface area contributed by atoms with E-state index >= 15 is 0 Å². The number of benzene rings is 1. The second-order valence-corrected chi connectivity index (χ2v) is 3.91. The zero-order valence-electron chi connectivity index (χ0n) is 9.39. The van der Waals surface area contributed by atoms with Crippen molar-refractivity contribution in [1.82, 2.24) is 4.98 Å². The number of ether oxygens (including phenoxy) is 2. The minimum atomic E-state index is 0.478. The molecule has 0 saturated carbocycles. The van der Waals surface area contributed by atoms with Crippen molar-refractivity contribution >= 4 is 11.6 Å². The number of rotatable bonds is 4. The second kappa shape index (κ2) is 5.55. The Balaban J connectivity index is 2.06. The van der Waals surface area contributed by atoms with Crippen LogP contribution in [0.5, 0.6) is 11.5 Å². The predicted molar refractivity (Wildman–Crippen MR) is 66.6 cm³/mol. The molecule has 1 heterocycles. The standard InChI is InChI=1S/C13H12ClNO2/c1-16-12-6-11(14)7-13(8-12)17-9-10-2-4-15-5-3-10/h2-8H,9H2,1H3. The minimum Gasteiger partial charge on any atom is -0.497 e. The molecule has 2 rings (SSSR count). The second-order valence-electron chi connectivity index (χ2n) is 3.47. The molecule has 3 nitrogen and oxygen atoms in total. The van der Waals surface area contributed by atoms with Crippen LogP contribution < -0.4 is 9.47 Å². The number of methoxy groups -OCH3 is 1. The molecule has 88 valence electrons. The van der Waals surface area contributed by atoms with Crippen LogP contribution in [0.25, 0.3) is 0 Å². The van der Waals surface area contributed by atoms with E-state index in [1.54, 1.807) is 37.7 Å². The van der Waals surface area contributed by atoms with Crippen molar-refractivity contribution in [3.63, 3.8) is 0 Å². The molecule has 1 aromatic carbocycles. The highest BCUT2D eigenvalue weighted by Gasteiger charge is 2.01. The molecular formula is C13H12ClNO2. The summed E-state index contributed by atoms with van der Waals surface area (Å²) in [6.07, 6.45) is 3.47. The topological polar surface area (TPSA) is 31.4 Å². The van der Waals surface area contributed by atoms with E-state index in [1.807, 2.05) is 12.1 Å². The quantitative estimate of drug-likeness (QED) is 0.833. The summed E-state index contributed by atoms with van der Waals surface area (Å²) in [7, 11) is 1.60. The van der Waals surface area contributed by atoms with Gasteiger partial charge in [0.15, 0.2) is 0 Å². The molecule has 2 aromatic rings. The van der Waals surface area contributed by atoms with E-state index in [4.69, 9.17) is 21.1 Å². The lowest BCUT2D eigenvalue weighted by Crippen LogP contribution is -1.95. The van der Waals surface area contributed by atoms with Crippen molar-refractivity contribution in [2.75, 3.05) is 7.11 Å². The highest BCUT2D eigenvalue weighted by Crippen LogP contribution is 2.26. The Morgan fingerprint density at radius 3 is 2.53 bits per heavy atom. The zero-order chi connectivity index (χ0) is 12.1. The first-order chi connectivity index (χ1) is 8.28. The van der Waals surface area contributed by atoms with Crippen molar-refractivity contribution < 1.29 is 9.47 Å². The molecule has 0 saturated heterocycles. The molecule has 0 bridgehead atoms. The number of aromatic nitrogens is 1. The largest absolute Gasteiger partial charge is 0.497 e. The van der Waals surface area contributed by atoms with Gasteiger partial charge in [0.25, 0.3) is 0 Å². The average molecular weight is 250 g/mol. The summed E-state index contributed by atoms with van der Waals surface area (Å²) in [6, 6.07) is 9.10. The number of hydrogen-bond acceptors (Lipinski definition) is 3. The van der Waals surface area contributed by atoms with Gasteiger partial charge in [-0.05, 0) is 29.8 Å². The van der Waals surface area contributed by atoms with E-state index in [0.717, 1.165) is 5.56 Å². The molecule has 0 aliphatic heterocycles. The lowest BCUT2D eigenvalue weighted by molar-refractivity contribution is 0.303.